The first kappa shape index (κ1) is 13.9. The van der Waals surface area contributed by atoms with Crippen molar-refractivity contribution in [3.05, 3.63) is 29.8 Å². The van der Waals surface area contributed by atoms with Gasteiger partial charge in [-0.2, -0.15) is 0 Å². The summed E-state index contributed by atoms with van der Waals surface area (Å²) in [7, 11) is 0. The standard InChI is InChI=1S/C12H19NO4/c13-5-10-1-3-11(4-2-10)17-9-12(6-14,7-15)8-16/h1-4,14-16H,5-9,13H2. The molecule has 0 amide bonds. The summed E-state index contributed by atoms with van der Waals surface area (Å²) in [6, 6.07) is 7.21. The Morgan fingerprint density at radius 3 is 1.94 bits per heavy atom. The topological polar surface area (TPSA) is 95.9 Å². The summed E-state index contributed by atoms with van der Waals surface area (Å²) in [5.41, 5.74) is 5.46. The van der Waals surface area contributed by atoms with E-state index in [1.165, 1.54) is 0 Å². The summed E-state index contributed by atoms with van der Waals surface area (Å²) >= 11 is 0. The first-order valence-electron chi connectivity index (χ1n) is 5.44. The van der Waals surface area contributed by atoms with E-state index in [4.69, 9.17) is 25.8 Å². The van der Waals surface area contributed by atoms with Crippen LogP contribution in [0.2, 0.25) is 0 Å². The van der Waals surface area contributed by atoms with Crippen molar-refractivity contribution in [1.82, 2.24) is 0 Å². The van der Waals surface area contributed by atoms with E-state index in [2.05, 4.69) is 0 Å². The summed E-state index contributed by atoms with van der Waals surface area (Å²) < 4.78 is 5.42. The van der Waals surface area contributed by atoms with Gasteiger partial charge in [0.25, 0.3) is 0 Å². The van der Waals surface area contributed by atoms with Crippen LogP contribution < -0.4 is 10.5 Å². The summed E-state index contributed by atoms with van der Waals surface area (Å²) in [5, 5.41) is 27.4. The van der Waals surface area contributed by atoms with E-state index >= 15 is 0 Å². The Balaban J connectivity index is 2.59. The molecular formula is C12H19NO4. The van der Waals surface area contributed by atoms with Crippen LogP contribution >= 0.6 is 0 Å². The molecular weight excluding hydrogens is 222 g/mol. The van der Waals surface area contributed by atoms with Crippen LogP contribution in [0, 0.1) is 5.41 Å². The smallest absolute Gasteiger partial charge is 0.119 e. The fourth-order valence-electron chi connectivity index (χ4n) is 1.25. The number of benzene rings is 1. The first-order chi connectivity index (χ1) is 8.19. The molecule has 17 heavy (non-hydrogen) atoms. The van der Waals surface area contributed by atoms with Gasteiger partial charge in [-0.25, -0.2) is 0 Å². The van der Waals surface area contributed by atoms with Crippen molar-refractivity contribution < 1.29 is 20.1 Å². The third-order valence-electron chi connectivity index (χ3n) is 2.71. The van der Waals surface area contributed by atoms with Gasteiger partial charge in [-0.05, 0) is 17.7 Å². The Bertz CT molecular complexity index is 314. The Kier molecular flexibility index (Phi) is 5.37. The number of ether oxygens (including phenoxy) is 1. The van der Waals surface area contributed by atoms with Gasteiger partial charge in [0.1, 0.15) is 12.4 Å². The molecule has 5 heteroatoms. The van der Waals surface area contributed by atoms with Crippen LogP contribution in [0.3, 0.4) is 0 Å². The molecule has 0 saturated heterocycles. The van der Waals surface area contributed by atoms with Crippen LogP contribution in [0.4, 0.5) is 0 Å². The maximum atomic E-state index is 9.12. The van der Waals surface area contributed by atoms with Crippen molar-refractivity contribution >= 4 is 0 Å². The quantitative estimate of drug-likeness (QED) is 0.515. The summed E-state index contributed by atoms with van der Waals surface area (Å²) in [5.74, 6) is 0.613. The third-order valence-corrected chi connectivity index (χ3v) is 2.71. The molecule has 0 spiro atoms. The summed E-state index contributed by atoms with van der Waals surface area (Å²) in [4.78, 5) is 0. The average molecular weight is 241 g/mol. The molecule has 0 fully saturated rings. The molecule has 0 unspecified atom stereocenters. The molecule has 0 aromatic heterocycles. The van der Waals surface area contributed by atoms with Crippen LogP contribution in [0.15, 0.2) is 24.3 Å². The minimum absolute atomic E-state index is 0.0540. The van der Waals surface area contributed by atoms with Crippen LogP contribution in [0.25, 0.3) is 0 Å². The highest BCUT2D eigenvalue weighted by molar-refractivity contribution is 5.27. The molecule has 5 N–H and O–H groups in total. The summed E-state index contributed by atoms with van der Waals surface area (Å²) in [6.45, 7) is -0.477. The van der Waals surface area contributed by atoms with Gasteiger partial charge in [0.15, 0.2) is 0 Å². The lowest BCUT2D eigenvalue weighted by atomic mass is 9.93. The summed E-state index contributed by atoms with van der Waals surface area (Å²) in [6.07, 6.45) is 0. The molecule has 0 aliphatic heterocycles. The van der Waals surface area contributed by atoms with Gasteiger partial charge in [-0.3, -0.25) is 0 Å². The van der Waals surface area contributed by atoms with Crippen molar-refractivity contribution in [3.63, 3.8) is 0 Å². The molecule has 96 valence electrons. The van der Waals surface area contributed by atoms with Crippen LogP contribution in [0.5, 0.6) is 5.75 Å². The van der Waals surface area contributed by atoms with Gasteiger partial charge >= 0.3 is 0 Å². The highest BCUT2D eigenvalue weighted by Gasteiger charge is 2.29. The van der Waals surface area contributed by atoms with Crippen LogP contribution in [-0.4, -0.2) is 41.7 Å². The molecule has 0 atom stereocenters. The lowest BCUT2D eigenvalue weighted by Crippen LogP contribution is -2.39. The fourth-order valence-corrected chi connectivity index (χ4v) is 1.25. The van der Waals surface area contributed by atoms with Crippen molar-refractivity contribution in [1.29, 1.82) is 0 Å². The van der Waals surface area contributed by atoms with Crippen LogP contribution in [0.1, 0.15) is 5.56 Å². The predicted octanol–water partition coefficient (Wildman–Crippen LogP) is -0.513. The Hall–Kier alpha value is -1.14. The maximum Gasteiger partial charge on any atom is 0.119 e. The van der Waals surface area contributed by atoms with Gasteiger partial charge in [0, 0.05) is 6.54 Å². The number of hydrogen-bond acceptors (Lipinski definition) is 5. The molecule has 1 aromatic rings. The van der Waals surface area contributed by atoms with E-state index in [0.29, 0.717) is 12.3 Å². The zero-order chi connectivity index (χ0) is 12.7. The third kappa shape index (κ3) is 3.67. The molecule has 0 aliphatic carbocycles. The number of hydrogen-bond donors (Lipinski definition) is 4. The lowest BCUT2D eigenvalue weighted by molar-refractivity contribution is -0.0258. The van der Waals surface area contributed by atoms with E-state index in [-0.39, 0.29) is 26.4 Å². The molecule has 0 bridgehead atoms. The average Bonchev–Trinajstić information content (AvgIpc) is 2.41. The van der Waals surface area contributed by atoms with E-state index in [1.807, 2.05) is 12.1 Å². The highest BCUT2D eigenvalue weighted by atomic mass is 16.5. The monoisotopic (exact) mass is 241 g/mol. The molecule has 1 rings (SSSR count). The number of nitrogens with two attached hydrogens (primary N) is 1. The van der Waals surface area contributed by atoms with E-state index < -0.39 is 5.41 Å². The predicted molar refractivity (Wildman–Crippen MR) is 63.5 cm³/mol. The largest absolute Gasteiger partial charge is 0.493 e. The minimum atomic E-state index is -1.01. The number of aliphatic hydroxyl groups excluding tert-OH is 3. The number of rotatable bonds is 7. The number of aliphatic hydroxyl groups is 3. The lowest BCUT2D eigenvalue weighted by Gasteiger charge is -2.27. The first-order valence-corrected chi connectivity index (χ1v) is 5.44. The zero-order valence-electron chi connectivity index (χ0n) is 9.67. The highest BCUT2D eigenvalue weighted by Crippen LogP contribution is 2.19. The van der Waals surface area contributed by atoms with E-state index in [0.717, 1.165) is 5.56 Å². The van der Waals surface area contributed by atoms with Gasteiger partial charge in [0.05, 0.1) is 25.2 Å². The van der Waals surface area contributed by atoms with Crippen molar-refractivity contribution in [3.8, 4) is 5.75 Å². The molecule has 0 heterocycles. The van der Waals surface area contributed by atoms with E-state index in [9.17, 15) is 0 Å². The Labute approximate surface area is 100 Å². The Morgan fingerprint density at radius 2 is 1.53 bits per heavy atom. The van der Waals surface area contributed by atoms with E-state index in [1.54, 1.807) is 12.1 Å². The van der Waals surface area contributed by atoms with Crippen molar-refractivity contribution in [2.45, 2.75) is 6.54 Å². The maximum absolute atomic E-state index is 9.12. The minimum Gasteiger partial charge on any atom is -0.493 e. The van der Waals surface area contributed by atoms with Gasteiger partial charge < -0.3 is 25.8 Å². The Morgan fingerprint density at radius 1 is 1.00 bits per heavy atom. The van der Waals surface area contributed by atoms with Crippen molar-refractivity contribution in [2.75, 3.05) is 26.4 Å². The second kappa shape index (κ2) is 6.56. The zero-order valence-corrected chi connectivity index (χ0v) is 9.67. The fraction of sp³-hybridized carbons (Fsp3) is 0.500. The van der Waals surface area contributed by atoms with Gasteiger partial charge in [-0.1, -0.05) is 12.1 Å². The van der Waals surface area contributed by atoms with Crippen molar-refractivity contribution in [2.24, 2.45) is 11.1 Å². The molecule has 0 aliphatic rings. The second-order valence-electron chi connectivity index (χ2n) is 4.11. The molecule has 0 saturated carbocycles. The SMILES string of the molecule is NCc1ccc(OCC(CO)(CO)CO)cc1. The molecule has 0 radical (unpaired) electrons. The second-order valence-corrected chi connectivity index (χ2v) is 4.11. The van der Waals surface area contributed by atoms with Crippen LogP contribution in [-0.2, 0) is 6.54 Å². The normalized spacial score (nSPS) is 11.5. The van der Waals surface area contributed by atoms with Gasteiger partial charge in [0.2, 0.25) is 0 Å². The molecule has 1 aromatic carbocycles. The molecule has 5 nitrogen and oxygen atoms in total. The van der Waals surface area contributed by atoms with Gasteiger partial charge in [-0.15, -0.1) is 0 Å².